The lowest BCUT2D eigenvalue weighted by Crippen LogP contribution is -2.28. The molecule has 0 spiro atoms. The maximum Gasteiger partial charge on any atom is 0.134 e. The van der Waals surface area contributed by atoms with Crippen molar-refractivity contribution < 1.29 is 9.15 Å². The zero-order chi connectivity index (χ0) is 12.4. The zero-order valence-corrected chi connectivity index (χ0v) is 10.7. The quantitative estimate of drug-likeness (QED) is 0.899. The van der Waals surface area contributed by atoms with E-state index in [1.807, 2.05) is 12.1 Å². The molecule has 1 N–H and O–H groups in total. The number of hydrogen-bond donors (Lipinski definition) is 1. The smallest absolute Gasteiger partial charge is 0.134 e. The minimum Gasteiger partial charge on any atom is -0.461 e. The summed E-state index contributed by atoms with van der Waals surface area (Å²) in [6.45, 7) is 4.72. The summed E-state index contributed by atoms with van der Waals surface area (Å²) < 4.78 is 11.3. The van der Waals surface area contributed by atoms with Crippen LogP contribution in [0.25, 0.3) is 11.0 Å². The van der Waals surface area contributed by atoms with Crippen LogP contribution in [-0.2, 0) is 17.7 Å². The van der Waals surface area contributed by atoms with Gasteiger partial charge in [0.15, 0.2) is 0 Å². The number of nitrogens with one attached hydrogen (secondary N) is 1. The predicted molar refractivity (Wildman–Crippen MR) is 71.7 cm³/mol. The maximum absolute atomic E-state index is 5.89. The number of furan rings is 1. The van der Waals surface area contributed by atoms with Gasteiger partial charge in [0.05, 0.1) is 6.61 Å². The SMILES string of the molecule is CCc1oc2ccccc2c1CNC1CCOC1. The molecule has 1 aliphatic rings. The van der Waals surface area contributed by atoms with Crippen molar-refractivity contribution in [2.24, 2.45) is 0 Å². The van der Waals surface area contributed by atoms with Gasteiger partial charge in [0.1, 0.15) is 11.3 Å². The summed E-state index contributed by atoms with van der Waals surface area (Å²) in [5.41, 5.74) is 2.30. The summed E-state index contributed by atoms with van der Waals surface area (Å²) in [5.74, 6) is 1.10. The van der Waals surface area contributed by atoms with E-state index in [2.05, 4.69) is 24.4 Å². The number of fused-ring (bicyclic) bond motifs is 1. The highest BCUT2D eigenvalue weighted by molar-refractivity contribution is 5.82. The second kappa shape index (κ2) is 5.12. The monoisotopic (exact) mass is 245 g/mol. The molecule has 0 radical (unpaired) electrons. The van der Waals surface area contributed by atoms with Crippen molar-refractivity contribution in [3.8, 4) is 0 Å². The number of rotatable bonds is 4. The Morgan fingerprint density at radius 2 is 2.22 bits per heavy atom. The van der Waals surface area contributed by atoms with Crippen molar-refractivity contribution in [2.75, 3.05) is 13.2 Å². The molecular formula is C15H19NO2. The minimum absolute atomic E-state index is 0.489. The number of benzene rings is 1. The molecule has 0 bridgehead atoms. The van der Waals surface area contributed by atoms with Gasteiger partial charge in [0.25, 0.3) is 0 Å². The molecule has 1 saturated heterocycles. The molecule has 1 fully saturated rings. The Bertz CT molecular complexity index is 526. The van der Waals surface area contributed by atoms with Gasteiger partial charge >= 0.3 is 0 Å². The lowest BCUT2D eigenvalue weighted by Gasteiger charge is -2.10. The summed E-state index contributed by atoms with van der Waals surface area (Å²) in [6.07, 6.45) is 2.05. The maximum atomic E-state index is 5.89. The molecule has 1 aliphatic heterocycles. The van der Waals surface area contributed by atoms with E-state index in [1.54, 1.807) is 0 Å². The fraction of sp³-hybridized carbons (Fsp3) is 0.467. The average molecular weight is 245 g/mol. The molecule has 3 rings (SSSR count). The van der Waals surface area contributed by atoms with E-state index in [-0.39, 0.29) is 0 Å². The summed E-state index contributed by atoms with van der Waals surface area (Å²) in [7, 11) is 0. The zero-order valence-electron chi connectivity index (χ0n) is 10.7. The van der Waals surface area contributed by atoms with Gasteiger partial charge in [-0.1, -0.05) is 25.1 Å². The molecule has 2 heterocycles. The van der Waals surface area contributed by atoms with Crippen LogP contribution in [0.1, 0.15) is 24.7 Å². The van der Waals surface area contributed by atoms with Crippen molar-refractivity contribution in [1.29, 1.82) is 0 Å². The predicted octanol–water partition coefficient (Wildman–Crippen LogP) is 2.87. The Hall–Kier alpha value is -1.32. The summed E-state index contributed by atoms with van der Waals surface area (Å²) in [5, 5.41) is 4.80. The molecule has 1 unspecified atom stereocenters. The third-order valence-corrected chi connectivity index (χ3v) is 3.60. The molecule has 2 aromatic rings. The van der Waals surface area contributed by atoms with Crippen LogP contribution in [0.3, 0.4) is 0 Å². The minimum atomic E-state index is 0.489. The van der Waals surface area contributed by atoms with Crippen LogP contribution in [0, 0.1) is 0 Å². The number of hydrogen-bond acceptors (Lipinski definition) is 3. The van der Waals surface area contributed by atoms with Gasteiger partial charge in [-0.25, -0.2) is 0 Å². The first-order valence-corrected chi connectivity index (χ1v) is 6.69. The summed E-state index contributed by atoms with van der Waals surface area (Å²) in [6, 6.07) is 8.76. The first-order valence-electron chi connectivity index (χ1n) is 6.69. The molecule has 1 aromatic heterocycles. The van der Waals surface area contributed by atoms with E-state index in [1.165, 1.54) is 10.9 Å². The van der Waals surface area contributed by atoms with Crippen molar-refractivity contribution in [3.05, 3.63) is 35.6 Å². The van der Waals surface area contributed by atoms with Gasteiger partial charge in [-0.15, -0.1) is 0 Å². The van der Waals surface area contributed by atoms with Gasteiger partial charge in [0.2, 0.25) is 0 Å². The normalized spacial score (nSPS) is 19.7. The Kier molecular flexibility index (Phi) is 3.35. The highest BCUT2D eigenvalue weighted by atomic mass is 16.5. The van der Waals surface area contributed by atoms with Crippen LogP contribution >= 0.6 is 0 Å². The molecule has 3 heteroatoms. The molecular weight excluding hydrogens is 226 g/mol. The Morgan fingerprint density at radius 3 is 3.00 bits per heavy atom. The first kappa shape index (κ1) is 11.8. The second-order valence-corrected chi connectivity index (χ2v) is 4.79. The van der Waals surface area contributed by atoms with E-state index >= 15 is 0 Å². The summed E-state index contributed by atoms with van der Waals surface area (Å²) in [4.78, 5) is 0. The molecule has 3 nitrogen and oxygen atoms in total. The number of aryl methyl sites for hydroxylation is 1. The Balaban J connectivity index is 1.84. The Morgan fingerprint density at radius 1 is 1.33 bits per heavy atom. The fourth-order valence-corrected chi connectivity index (χ4v) is 2.57. The molecule has 0 aliphatic carbocycles. The third-order valence-electron chi connectivity index (χ3n) is 3.60. The first-order chi connectivity index (χ1) is 8.88. The number of ether oxygens (including phenoxy) is 1. The van der Waals surface area contributed by atoms with Crippen LogP contribution in [0.5, 0.6) is 0 Å². The Labute approximate surface area is 107 Å². The summed E-state index contributed by atoms with van der Waals surface area (Å²) >= 11 is 0. The third kappa shape index (κ3) is 2.16. The average Bonchev–Trinajstić information content (AvgIpc) is 3.03. The van der Waals surface area contributed by atoms with Gasteiger partial charge in [-0.3, -0.25) is 0 Å². The van der Waals surface area contributed by atoms with Crippen LogP contribution in [-0.4, -0.2) is 19.3 Å². The van der Waals surface area contributed by atoms with Gasteiger partial charge < -0.3 is 14.5 Å². The van der Waals surface area contributed by atoms with E-state index < -0.39 is 0 Å². The highest BCUT2D eigenvalue weighted by Crippen LogP contribution is 2.26. The van der Waals surface area contributed by atoms with Crippen molar-refractivity contribution in [2.45, 2.75) is 32.4 Å². The standard InChI is InChI=1S/C15H19NO2/c1-2-14-13(9-16-11-7-8-17-10-11)12-5-3-4-6-15(12)18-14/h3-6,11,16H,2,7-10H2,1H3. The molecule has 96 valence electrons. The van der Waals surface area contributed by atoms with Crippen LogP contribution < -0.4 is 5.32 Å². The topological polar surface area (TPSA) is 34.4 Å². The van der Waals surface area contributed by atoms with E-state index in [0.29, 0.717) is 6.04 Å². The fourth-order valence-electron chi connectivity index (χ4n) is 2.57. The molecule has 0 amide bonds. The van der Waals surface area contributed by atoms with Crippen molar-refractivity contribution >= 4 is 11.0 Å². The van der Waals surface area contributed by atoms with Crippen molar-refractivity contribution in [1.82, 2.24) is 5.32 Å². The van der Waals surface area contributed by atoms with Crippen LogP contribution in [0.4, 0.5) is 0 Å². The van der Waals surface area contributed by atoms with Gasteiger partial charge in [0, 0.05) is 36.6 Å². The molecule has 1 aromatic carbocycles. The van der Waals surface area contributed by atoms with Gasteiger partial charge in [-0.2, -0.15) is 0 Å². The lowest BCUT2D eigenvalue weighted by molar-refractivity contribution is 0.190. The largest absolute Gasteiger partial charge is 0.461 e. The molecule has 0 saturated carbocycles. The lowest BCUT2D eigenvalue weighted by atomic mass is 10.1. The van der Waals surface area contributed by atoms with E-state index in [4.69, 9.17) is 9.15 Å². The second-order valence-electron chi connectivity index (χ2n) is 4.79. The molecule has 1 atom stereocenters. The highest BCUT2D eigenvalue weighted by Gasteiger charge is 2.17. The van der Waals surface area contributed by atoms with Crippen LogP contribution in [0.15, 0.2) is 28.7 Å². The molecule has 18 heavy (non-hydrogen) atoms. The van der Waals surface area contributed by atoms with E-state index in [0.717, 1.165) is 43.9 Å². The van der Waals surface area contributed by atoms with E-state index in [9.17, 15) is 0 Å². The van der Waals surface area contributed by atoms with Crippen molar-refractivity contribution in [3.63, 3.8) is 0 Å². The van der Waals surface area contributed by atoms with Gasteiger partial charge in [-0.05, 0) is 12.5 Å². The number of para-hydroxylation sites is 1. The van der Waals surface area contributed by atoms with Crippen LogP contribution in [0.2, 0.25) is 0 Å².